The van der Waals surface area contributed by atoms with Crippen molar-refractivity contribution in [2.45, 2.75) is 32.9 Å². The Morgan fingerprint density at radius 2 is 2.16 bits per heavy atom. The third-order valence-corrected chi connectivity index (χ3v) is 3.59. The van der Waals surface area contributed by atoms with Gasteiger partial charge in [0.05, 0.1) is 12.6 Å². The molecule has 2 unspecified atom stereocenters. The fourth-order valence-corrected chi connectivity index (χ4v) is 2.57. The highest BCUT2D eigenvalue weighted by Gasteiger charge is 2.27. The summed E-state index contributed by atoms with van der Waals surface area (Å²) >= 11 is 1.56. The van der Waals surface area contributed by atoms with Crippen molar-refractivity contribution in [1.82, 2.24) is 5.32 Å². The molecular weight excluding hydrogens is 264 g/mol. The van der Waals surface area contributed by atoms with E-state index in [1.807, 2.05) is 31.4 Å². The van der Waals surface area contributed by atoms with Gasteiger partial charge < -0.3 is 15.8 Å². The first kappa shape index (κ1) is 15.7. The van der Waals surface area contributed by atoms with E-state index in [1.165, 1.54) is 0 Å². The number of esters is 1. The number of amides is 1. The van der Waals surface area contributed by atoms with Crippen LogP contribution in [-0.4, -0.2) is 24.5 Å². The van der Waals surface area contributed by atoms with E-state index in [1.54, 1.807) is 18.3 Å². The monoisotopic (exact) mass is 284 g/mol. The highest BCUT2D eigenvalue weighted by Crippen LogP contribution is 2.25. The Morgan fingerprint density at radius 3 is 2.63 bits per heavy atom. The molecule has 3 N–H and O–H groups in total. The summed E-state index contributed by atoms with van der Waals surface area (Å²) in [5.74, 6) is -1.00. The second-order valence-corrected chi connectivity index (χ2v) is 5.45. The average Bonchev–Trinajstić information content (AvgIpc) is 2.88. The molecule has 0 saturated carbocycles. The van der Waals surface area contributed by atoms with Crippen LogP contribution in [0, 0.1) is 5.92 Å². The van der Waals surface area contributed by atoms with E-state index < -0.39 is 17.9 Å². The standard InChI is InChI=1S/C13H20N2O3S/c1-4-18-13(17)10(14)12(16)15-11(8(2)3)9-6-5-7-19-9/h5-8,10-11H,4,14H2,1-3H3,(H,15,16). The highest BCUT2D eigenvalue weighted by molar-refractivity contribution is 7.10. The minimum atomic E-state index is -1.28. The molecule has 1 heterocycles. The smallest absolute Gasteiger partial charge is 0.332 e. The number of nitrogens with one attached hydrogen (secondary N) is 1. The number of thiophene rings is 1. The van der Waals surface area contributed by atoms with Crippen LogP contribution in [0.25, 0.3) is 0 Å². The lowest BCUT2D eigenvalue weighted by atomic mass is 10.0. The van der Waals surface area contributed by atoms with Gasteiger partial charge in [-0.1, -0.05) is 19.9 Å². The van der Waals surface area contributed by atoms with Gasteiger partial charge >= 0.3 is 5.97 Å². The molecule has 2 atom stereocenters. The largest absolute Gasteiger partial charge is 0.464 e. The van der Waals surface area contributed by atoms with Crippen LogP contribution < -0.4 is 11.1 Å². The Kier molecular flexibility index (Phi) is 5.98. The first-order valence-electron chi connectivity index (χ1n) is 6.23. The third-order valence-electron chi connectivity index (χ3n) is 2.64. The first-order valence-corrected chi connectivity index (χ1v) is 7.11. The summed E-state index contributed by atoms with van der Waals surface area (Å²) in [7, 11) is 0. The Bertz CT molecular complexity index is 418. The van der Waals surface area contributed by atoms with Crippen molar-refractivity contribution in [3.63, 3.8) is 0 Å². The molecule has 19 heavy (non-hydrogen) atoms. The summed E-state index contributed by atoms with van der Waals surface area (Å²) in [6, 6.07) is 2.45. The fourth-order valence-electron chi connectivity index (χ4n) is 1.62. The minimum Gasteiger partial charge on any atom is -0.464 e. The average molecular weight is 284 g/mol. The zero-order chi connectivity index (χ0) is 14.4. The number of ether oxygens (including phenoxy) is 1. The number of nitrogens with two attached hydrogens (primary N) is 1. The van der Waals surface area contributed by atoms with Gasteiger partial charge in [-0.05, 0) is 24.3 Å². The van der Waals surface area contributed by atoms with Gasteiger partial charge in [-0.25, -0.2) is 4.79 Å². The van der Waals surface area contributed by atoms with Crippen LogP contribution >= 0.6 is 11.3 Å². The summed E-state index contributed by atoms with van der Waals surface area (Å²) in [5.41, 5.74) is 5.57. The van der Waals surface area contributed by atoms with Crippen molar-refractivity contribution in [3.05, 3.63) is 22.4 Å². The van der Waals surface area contributed by atoms with Gasteiger partial charge in [-0.15, -0.1) is 11.3 Å². The zero-order valence-corrected chi connectivity index (χ0v) is 12.2. The molecule has 0 aliphatic heterocycles. The number of carbonyl (C=O) groups is 2. The fraction of sp³-hybridized carbons (Fsp3) is 0.538. The van der Waals surface area contributed by atoms with Crippen molar-refractivity contribution < 1.29 is 14.3 Å². The van der Waals surface area contributed by atoms with E-state index in [9.17, 15) is 9.59 Å². The molecule has 0 bridgehead atoms. The van der Waals surface area contributed by atoms with Crippen molar-refractivity contribution in [2.75, 3.05) is 6.61 Å². The lowest BCUT2D eigenvalue weighted by Gasteiger charge is -2.22. The Hall–Kier alpha value is -1.40. The Balaban J connectivity index is 2.70. The third kappa shape index (κ3) is 4.33. The molecule has 1 rings (SSSR count). The van der Waals surface area contributed by atoms with Crippen LogP contribution in [0.3, 0.4) is 0 Å². The van der Waals surface area contributed by atoms with E-state index >= 15 is 0 Å². The second-order valence-electron chi connectivity index (χ2n) is 4.48. The molecular formula is C13H20N2O3S. The van der Waals surface area contributed by atoms with Gasteiger partial charge in [-0.3, -0.25) is 4.79 Å². The maximum atomic E-state index is 11.9. The van der Waals surface area contributed by atoms with Crippen LogP contribution in [0.2, 0.25) is 0 Å². The van der Waals surface area contributed by atoms with Crippen LogP contribution in [0.1, 0.15) is 31.7 Å². The Morgan fingerprint density at radius 1 is 1.47 bits per heavy atom. The lowest BCUT2D eigenvalue weighted by molar-refractivity contribution is -0.148. The molecule has 1 aromatic rings. The first-order chi connectivity index (χ1) is 8.97. The minimum absolute atomic E-state index is 0.145. The molecule has 0 saturated heterocycles. The normalized spacial score (nSPS) is 13.9. The molecule has 0 aliphatic rings. The molecule has 6 heteroatoms. The lowest BCUT2D eigenvalue weighted by Crippen LogP contribution is -2.48. The van der Waals surface area contributed by atoms with E-state index in [0.717, 1.165) is 4.88 Å². The summed E-state index contributed by atoms with van der Waals surface area (Å²) in [4.78, 5) is 24.4. The predicted molar refractivity (Wildman–Crippen MR) is 74.6 cm³/mol. The topological polar surface area (TPSA) is 81.4 Å². The van der Waals surface area contributed by atoms with Crippen molar-refractivity contribution >= 4 is 23.2 Å². The van der Waals surface area contributed by atoms with Gasteiger partial charge in [0.1, 0.15) is 0 Å². The summed E-state index contributed by atoms with van der Waals surface area (Å²) < 4.78 is 4.74. The molecule has 106 valence electrons. The van der Waals surface area contributed by atoms with Crippen LogP contribution in [-0.2, 0) is 14.3 Å². The summed E-state index contributed by atoms with van der Waals surface area (Å²) in [5, 5.41) is 4.75. The van der Waals surface area contributed by atoms with E-state index in [4.69, 9.17) is 10.5 Å². The zero-order valence-electron chi connectivity index (χ0n) is 11.4. The highest BCUT2D eigenvalue weighted by atomic mass is 32.1. The summed E-state index contributed by atoms with van der Waals surface area (Å²) in [6.07, 6.45) is 0. The predicted octanol–water partition coefficient (Wildman–Crippen LogP) is 1.45. The SMILES string of the molecule is CCOC(=O)C(N)C(=O)NC(c1cccs1)C(C)C. The summed E-state index contributed by atoms with van der Waals surface area (Å²) in [6.45, 7) is 5.88. The quantitative estimate of drug-likeness (QED) is 0.612. The molecule has 0 aliphatic carbocycles. The number of hydrogen-bond donors (Lipinski definition) is 2. The molecule has 0 spiro atoms. The van der Waals surface area contributed by atoms with E-state index in [2.05, 4.69) is 5.32 Å². The van der Waals surface area contributed by atoms with Crippen molar-refractivity contribution in [1.29, 1.82) is 0 Å². The van der Waals surface area contributed by atoms with Gasteiger partial charge in [-0.2, -0.15) is 0 Å². The maximum Gasteiger partial charge on any atom is 0.332 e. The second kappa shape index (κ2) is 7.25. The molecule has 1 amide bonds. The van der Waals surface area contributed by atoms with E-state index in [-0.39, 0.29) is 18.6 Å². The van der Waals surface area contributed by atoms with Gasteiger partial charge in [0.25, 0.3) is 0 Å². The van der Waals surface area contributed by atoms with Crippen molar-refractivity contribution in [3.8, 4) is 0 Å². The Labute approximate surface area is 117 Å². The molecule has 0 radical (unpaired) electrons. The van der Waals surface area contributed by atoms with Crippen LogP contribution in [0.5, 0.6) is 0 Å². The van der Waals surface area contributed by atoms with Crippen LogP contribution in [0.15, 0.2) is 17.5 Å². The molecule has 5 nitrogen and oxygen atoms in total. The van der Waals surface area contributed by atoms with Crippen LogP contribution in [0.4, 0.5) is 0 Å². The van der Waals surface area contributed by atoms with Gasteiger partial charge in [0, 0.05) is 4.88 Å². The van der Waals surface area contributed by atoms with Gasteiger partial charge in [0.2, 0.25) is 5.91 Å². The van der Waals surface area contributed by atoms with E-state index in [0.29, 0.717) is 0 Å². The molecule has 0 fully saturated rings. The molecule has 0 aromatic carbocycles. The number of rotatable bonds is 6. The van der Waals surface area contributed by atoms with Gasteiger partial charge in [0.15, 0.2) is 6.04 Å². The van der Waals surface area contributed by atoms with Crippen molar-refractivity contribution in [2.24, 2.45) is 11.7 Å². The molecule has 1 aromatic heterocycles. The maximum absolute atomic E-state index is 11.9. The number of hydrogen-bond acceptors (Lipinski definition) is 5. The number of carbonyl (C=O) groups excluding carboxylic acids is 2.